The van der Waals surface area contributed by atoms with Gasteiger partial charge < -0.3 is 4.90 Å². The standard InChI is InChI=1S/C13H16ClNO3S/c1-9-3-4-10(2)12(5-9)15-7-11(6-13(15)16)8-19(14,17)18/h3-5,11H,6-8H2,1-2H3. The number of hydrogen-bond acceptors (Lipinski definition) is 3. The summed E-state index contributed by atoms with van der Waals surface area (Å²) in [6.45, 7) is 4.31. The fraction of sp³-hybridized carbons (Fsp3) is 0.462. The van der Waals surface area contributed by atoms with Gasteiger partial charge in [0.05, 0.1) is 5.75 Å². The van der Waals surface area contributed by atoms with Gasteiger partial charge in [0, 0.05) is 35.3 Å². The van der Waals surface area contributed by atoms with E-state index in [0.29, 0.717) is 6.54 Å². The van der Waals surface area contributed by atoms with Crippen molar-refractivity contribution >= 4 is 31.3 Å². The third-order valence-corrected chi connectivity index (χ3v) is 4.54. The first kappa shape index (κ1) is 14.3. The maximum Gasteiger partial charge on any atom is 0.232 e. The number of nitrogens with zero attached hydrogens (tertiary/aromatic N) is 1. The smallest absolute Gasteiger partial charge is 0.232 e. The van der Waals surface area contributed by atoms with E-state index in [2.05, 4.69) is 0 Å². The maximum absolute atomic E-state index is 12.0. The molecular weight excluding hydrogens is 286 g/mol. The first-order chi connectivity index (χ1) is 8.76. The summed E-state index contributed by atoms with van der Waals surface area (Å²) >= 11 is 0. The van der Waals surface area contributed by atoms with E-state index in [9.17, 15) is 13.2 Å². The third kappa shape index (κ3) is 3.48. The third-order valence-electron chi connectivity index (χ3n) is 3.30. The Morgan fingerprint density at radius 2 is 2.05 bits per heavy atom. The van der Waals surface area contributed by atoms with Crippen LogP contribution < -0.4 is 4.90 Å². The average molecular weight is 302 g/mol. The van der Waals surface area contributed by atoms with Crippen molar-refractivity contribution in [3.8, 4) is 0 Å². The summed E-state index contributed by atoms with van der Waals surface area (Å²) in [5.74, 6) is -0.421. The second-order valence-corrected chi connectivity index (χ2v) is 7.89. The highest BCUT2D eigenvalue weighted by atomic mass is 35.7. The minimum Gasteiger partial charge on any atom is -0.312 e. The molecule has 1 amide bonds. The minimum absolute atomic E-state index is 0.0426. The fourth-order valence-corrected chi connectivity index (χ4v) is 3.74. The van der Waals surface area contributed by atoms with E-state index in [1.54, 1.807) is 4.90 Å². The van der Waals surface area contributed by atoms with Crippen LogP contribution in [0.15, 0.2) is 18.2 Å². The maximum atomic E-state index is 12.0. The molecule has 1 unspecified atom stereocenters. The Morgan fingerprint density at radius 3 is 2.68 bits per heavy atom. The van der Waals surface area contributed by atoms with Crippen LogP contribution in [0.25, 0.3) is 0 Å². The molecule has 1 saturated heterocycles. The molecule has 0 radical (unpaired) electrons. The van der Waals surface area contributed by atoms with Crippen LogP contribution in [-0.4, -0.2) is 26.6 Å². The summed E-state index contributed by atoms with van der Waals surface area (Å²) in [6.07, 6.45) is 0.235. The topological polar surface area (TPSA) is 54.5 Å². The zero-order chi connectivity index (χ0) is 14.2. The Hall–Kier alpha value is -1.07. The zero-order valence-electron chi connectivity index (χ0n) is 10.9. The molecule has 1 atom stereocenters. The van der Waals surface area contributed by atoms with Gasteiger partial charge in [-0.2, -0.15) is 0 Å². The molecule has 19 heavy (non-hydrogen) atoms. The Balaban J connectivity index is 2.23. The second kappa shape index (κ2) is 5.13. The van der Waals surface area contributed by atoms with Crippen LogP contribution in [0.1, 0.15) is 17.5 Å². The van der Waals surface area contributed by atoms with Crippen LogP contribution in [0, 0.1) is 19.8 Å². The number of carbonyl (C=O) groups excluding carboxylic acids is 1. The first-order valence-electron chi connectivity index (χ1n) is 6.06. The molecule has 1 heterocycles. The largest absolute Gasteiger partial charge is 0.312 e. The molecule has 6 heteroatoms. The minimum atomic E-state index is -3.56. The molecule has 1 fully saturated rings. The van der Waals surface area contributed by atoms with Gasteiger partial charge in [-0.3, -0.25) is 4.79 Å². The number of amides is 1. The monoisotopic (exact) mass is 301 g/mol. The zero-order valence-corrected chi connectivity index (χ0v) is 12.5. The Morgan fingerprint density at radius 1 is 1.37 bits per heavy atom. The molecule has 0 aromatic heterocycles. The molecule has 2 rings (SSSR count). The van der Waals surface area contributed by atoms with Gasteiger partial charge in [0.15, 0.2) is 0 Å². The van der Waals surface area contributed by atoms with Gasteiger partial charge in [0.25, 0.3) is 0 Å². The fourth-order valence-electron chi connectivity index (χ4n) is 2.42. The summed E-state index contributed by atoms with van der Waals surface area (Å²) < 4.78 is 22.2. The average Bonchev–Trinajstić information content (AvgIpc) is 2.60. The van der Waals surface area contributed by atoms with E-state index >= 15 is 0 Å². The van der Waals surface area contributed by atoms with E-state index in [1.165, 1.54) is 0 Å². The van der Waals surface area contributed by atoms with Gasteiger partial charge in [0.2, 0.25) is 15.0 Å². The van der Waals surface area contributed by atoms with Crippen LogP contribution in [0.2, 0.25) is 0 Å². The number of halogens is 1. The highest BCUT2D eigenvalue weighted by Crippen LogP contribution is 2.29. The van der Waals surface area contributed by atoms with Gasteiger partial charge >= 0.3 is 0 Å². The van der Waals surface area contributed by atoms with E-state index in [0.717, 1.165) is 16.8 Å². The summed E-state index contributed by atoms with van der Waals surface area (Å²) in [5.41, 5.74) is 2.94. The van der Waals surface area contributed by atoms with Crippen LogP contribution in [0.5, 0.6) is 0 Å². The van der Waals surface area contributed by atoms with Gasteiger partial charge in [-0.05, 0) is 31.0 Å². The van der Waals surface area contributed by atoms with Crippen molar-refractivity contribution in [2.24, 2.45) is 5.92 Å². The van der Waals surface area contributed by atoms with E-state index < -0.39 is 9.05 Å². The van der Waals surface area contributed by atoms with Gasteiger partial charge in [-0.1, -0.05) is 12.1 Å². The number of rotatable bonds is 3. The summed E-state index contributed by atoms with van der Waals surface area (Å²) in [5, 5.41) is 0. The predicted molar refractivity (Wildman–Crippen MR) is 76.0 cm³/mol. The molecule has 1 aliphatic rings. The lowest BCUT2D eigenvalue weighted by Crippen LogP contribution is -2.26. The number of carbonyl (C=O) groups is 1. The normalized spacial score (nSPS) is 20.1. The van der Waals surface area contributed by atoms with Crippen molar-refractivity contribution in [1.82, 2.24) is 0 Å². The molecule has 1 aromatic rings. The number of benzene rings is 1. The van der Waals surface area contributed by atoms with Crippen molar-refractivity contribution < 1.29 is 13.2 Å². The van der Waals surface area contributed by atoms with Gasteiger partial charge in [-0.25, -0.2) is 8.42 Å². The lowest BCUT2D eigenvalue weighted by atomic mass is 10.1. The Labute approximate surface area is 117 Å². The number of hydrogen-bond donors (Lipinski definition) is 0. The number of anilines is 1. The highest BCUT2D eigenvalue weighted by molar-refractivity contribution is 8.13. The van der Waals surface area contributed by atoms with E-state index in [1.807, 2.05) is 32.0 Å². The Bertz CT molecular complexity index is 612. The second-order valence-electron chi connectivity index (χ2n) is 5.07. The SMILES string of the molecule is Cc1ccc(C)c(N2CC(CS(=O)(=O)Cl)CC2=O)c1. The van der Waals surface area contributed by atoms with Crippen LogP contribution in [0.3, 0.4) is 0 Å². The Kier molecular flexibility index (Phi) is 3.87. The van der Waals surface area contributed by atoms with E-state index in [-0.39, 0.29) is 24.0 Å². The lowest BCUT2D eigenvalue weighted by molar-refractivity contribution is -0.117. The van der Waals surface area contributed by atoms with Crippen LogP contribution in [0.4, 0.5) is 5.69 Å². The molecule has 0 bridgehead atoms. The summed E-state index contributed by atoms with van der Waals surface area (Å²) in [6, 6.07) is 5.90. The quantitative estimate of drug-likeness (QED) is 0.805. The summed E-state index contributed by atoms with van der Waals surface area (Å²) in [7, 11) is 1.69. The number of aryl methyl sites for hydroxylation is 2. The molecule has 0 N–H and O–H groups in total. The molecule has 104 valence electrons. The predicted octanol–water partition coefficient (Wildman–Crippen LogP) is 2.22. The molecule has 1 aliphatic heterocycles. The molecular formula is C13H16ClNO3S. The highest BCUT2D eigenvalue weighted by Gasteiger charge is 2.33. The molecule has 0 spiro atoms. The summed E-state index contributed by atoms with van der Waals surface area (Å²) in [4.78, 5) is 13.7. The van der Waals surface area contributed by atoms with Crippen LogP contribution >= 0.6 is 10.7 Å². The van der Waals surface area contributed by atoms with Crippen LogP contribution in [-0.2, 0) is 13.8 Å². The first-order valence-corrected chi connectivity index (χ1v) is 8.54. The molecule has 1 aromatic carbocycles. The van der Waals surface area contributed by atoms with Crippen molar-refractivity contribution in [2.75, 3.05) is 17.2 Å². The van der Waals surface area contributed by atoms with Crippen molar-refractivity contribution in [3.63, 3.8) is 0 Å². The van der Waals surface area contributed by atoms with Crippen molar-refractivity contribution in [1.29, 1.82) is 0 Å². The van der Waals surface area contributed by atoms with Crippen molar-refractivity contribution in [2.45, 2.75) is 20.3 Å². The molecule has 0 saturated carbocycles. The van der Waals surface area contributed by atoms with Crippen molar-refractivity contribution in [3.05, 3.63) is 29.3 Å². The van der Waals surface area contributed by atoms with Gasteiger partial charge in [0.1, 0.15) is 0 Å². The lowest BCUT2D eigenvalue weighted by Gasteiger charge is -2.19. The molecule has 0 aliphatic carbocycles. The molecule has 4 nitrogen and oxygen atoms in total. The van der Waals surface area contributed by atoms with E-state index in [4.69, 9.17) is 10.7 Å². The van der Waals surface area contributed by atoms with Gasteiger partial charge in [-0.15, -0.1) is 0 Å².